The molecule has 2 rings (SSSR count). The molecule has 1 unspecified atom stereocenters. The van der Waals surface area contributed by atoms with E-state index in [-0.39, 0.29) is 0 Å². The first-order valence-electron chi connectivity index (χ1n) is 4.92. The van der Waals surface area contributed by atoms with Gasteiger partial charge in [-0.3, -0.25) is 0 Å². The average molecular weight is 247 g/mol. The number of hydrogen-bond donors (Lipinski definition) is 0. The van der Waals surface area contributed by atoms with Gasteiger partial charge in [-0.2, -0.15) is 24.6 Å². The van der Waals surface area contributed by atoms with Crippen molar-refractivity contribution in [2.45, 2.75) is 24.5 Å². The number of rotatable bonds is 3. The summed E-state index contributed by atoms with van der Waals surface area (Å²) in [6.07, 6.45) is 4.94. The summed E-state index contributed by atoms with van der Waals surface area (Å²) in [6.45, 7) is 0.581. The summed E-state index contributed by atoms with van der Waals surface area (Å²) >= 11 is 1.90. The zero-order chi connectivity index (χ0) is 10.7. The number of ether oxygens (including phenoxy) is 1. The van der Waals surface area contributed by atoms with E-state index in [1.165, 1.54) is 24.8 Å². The molecule has 0 radical (unpaired) electrons. The normalized spacial score (nSPS) is 28.8. The van der Waals surface area contributed by atoms with E-state index < -0.39 is 10.0 Å². The molecule has 2 heterocycles. The largest absolute Gasteiger partial charge is 0.490 e. The molecule has 0 aromatic carbocycles. The fourth-order valence-electron chi connectivity index (χ4n) is 1.53. The molecule has 0 aromatic rings. The zero-order valence-corrected chi connectivity index (χ0v) is 9.89. The van der Waals surface area contributed by atoms with E-state index in [0.29, 0.717) is 17.6 Å². The maximum absolute atomic E-state index is 10.9. The van der Waals surface area contributed by atoms with E-state index >= 15 is 0 Å². The lowest BCUT2D eigenvalue weighted by Gasteiger charge is -2.20. The summed E-state index contributed by atoms with van der Waals surface area (Å²) in [5.74, 6) is 1.54. The molecule has 15 heavy (non-hydrogen) atoms. The predicted octanol–water partition coefficient (Wildman–Crippen LogP) is 1.54. The molecule has 0 bridgehead atoms. The van der Waals surface area contributed by atoms with Gasteiger partial charge in [0.05, 0.1) is 11.6 Å². The predicted molar refractivity (Wildman–Crippen MR) is 61.5 cm³/mol. The fraction of sp³-hybridized carbons (Fsp3) is 0.667. The van der Waals surface area contributed by atoms with Crippen LogP contribution in [0.4, 0.5) is 0 Å². The van der Waals surface area contributed by atoms with Gasteiger partial charge in [0.25, 0.3) is 10.0 Å². The van der Waals surface area contributed by atoms with Crippen LogP contribution < -0.4 is 0 Å². The van der Waals surface area contributed by atoms with Crippen molar-refractivity contribution in [1.82, 2.24) is 0 Å². The Bertz CT molecular complexity index is 380. The maximum Gasteiger partial charge on any atom is 0.279 e. The Hall–Kier alpha value is -0.490. The Balaban J connectivity index is 1.81. The second-order valence-electron chi connectivity index (χ2n) is 3.57. The minimum atomic E-state index is -3.37. The fourth-order valence-corrected chi connectivity index (χ4v) is 3.47. The highest BCUT2D eigenvalue weighted by atomic mass is 32.2. The quantitative estimate of drug-likeness (QED) is 0.759. The van der Waals surface area contributed by atoms with E-state index in [9.17, 15) is 8.42 Å². The van der Waals surface area contributed by atoms with Crippen molar-refractivity contribution >= 4 is 28.0 Å². The van der Waals surface area contributed by atoms with E-state index in [1.807, 2.05) is 11.8 Å². The Morgan fingerprint density at radius 3 is 3.00 bits per heavy atom. The van der Waals surface area contributed by atoms with Gasteiger partial charge in [-0.25, -0.2) is 0 Å². The van der Waals surface area contributed by atoms with Crippen molar-refractivity contribution in [2.24, 2.45) is 4.40 Å². The van der Waals surface area contributed by atoms with E-state index in [0.717, 1.165) is 11.8 Å². The van der Waals surface area contributed by atoms with Gasteiger partial charge in [0, 0.05) is 5.25 Å². The molecule has 0 aromatic heterocycles. The Kier molecular flexibility index (Phi) is 3.35. The first-order chi connectivity index (χ1) is 7.16. The van der Waals surface area contributed by atoms with Crippen molar-refractivity contribution < 1.29 is 13.2 Å². The van der Waals surface area contributed by atoms with Gasteiger partial charge in [-0.1, -0.05) is 6.42 Å². The molecule has 84 valence electrons. The Morgan fingerprint density at radius 1 is 1.53 bits per heavy atom. The molecule has 1 atom stereocenters. The first kappa shape index (κ1) is 11.0. The van der Waals surface area contributed by atoms with E-state index in [2.05, 4.69) is 4.40 Å². The van der Waals surface area contributed by atoms with Crippen LogP contribution in [0.3, 0.4) is 0 Å². The maximum atomic E-state index is 10.9. The molecule has 4 nitrogen and oxygen atoms in total. The minimum absolute atomic E-state index is 0.362. The van der Waals surface area contributed by atoms with Crippen LogP contribution in [-0.2, 0) is 14.8 Å². The third-order valence-corrected chi connectivity index (χ3v) is 4.60. The van der Waals surface area contributed by atoms with Gasteiger partial charge in [-0.15, -0.1) is 0 Å². The van der Waals surface area contributed by atoms with Crippen molar-refractivity contribution in [2.75, 3.05) is 12.4 Å². The third kappa shape index (κ3) is 3.24. The van der Waals surface area contributed by atoms with Crippen LogP contribution in [0.15, 0.2) is 15.6 Å². The third-order valence-electron chi connectivity index (χ3n) is 2.30. The number of sulfonamides is 1. The lowest BCUT2D eigenvalue weighted by atomic mass is 10.2. The molecule has 0 spiro atoms. The topological polar surface area (TPSA) is 55.7 Å². The van der Waals surface area contributed by atoms with Crippen LogP contribution >= 0.6 is 11.8 Å². The van der Waals surface area contributed by atoms with Gasteiger partial charge in [0.1, 0.15) is 6.61 Å². The lowest BCUT2D eigenvalue weighted by Crippen LogP contribution is -2.16. The molecule has 2 aliphatic heterocycles. The highest BCUT2D eigenvalue weighted by molar-refractivity contribution is 7.99. The molecule has 2 aliphatic rings. The number of thioether (sulfide) groups is 1. The van der Waals surface area contributed by atoms with Gasteiger partial charge < -0.3 is 4.74 Å². The van der Waals surface area contributed by atoms with Crippen LogP contribution in [-0.4, -0.2) is 32.2 Å². The van der Waals surface area contributed by atoms with Gasteiger partial charge in [0.15, 0.2) is 5.76 Å². The van der Waals surface area contributed by atoms with Crippen molar-refractivity contribution in [1.29, 1.82) is 0 Å². The smallest absolute Gasteiger partial charge is 0.279 e. The molecular weight excluding hydrogens is 234 g/mol. The second-order valence-corrected chi connectivity index (χ2v) is 6.45. The number of hydrogen-bond acceptors (Lipinski definition) is 4. The minimum Gasteiger partial charge on any atom is -0.490 e. The van der Waals surface area contributed by atoms with Gasteiger partial charge in [-0.05, 0) is 18.6 Å². The molecule has 6 heteroatoms. The highest BCUT2D eigenvalue weighted by Gasteiger charge is 2.18. The summed E-state index contributed by atoms with van der Waals surface area (Å²) < 4.78 is 30.6. The lowest BCUT2D eigenvalue weighted by molar-refractivity contribution is 0.229. The Labute approximate surface area is 93.9 Å². The summed E-state index contributed by atoms with van der Waals surface area (Å²) in [4.78, 5) is 0. The van der Waals surface area contributed by atoms with Crippen molar-refractivity contribution in [3.8, 4) is 0 Å². The van der Waals surface area contributed by atoms with Crippen molar-refractivity contribution in [3.63, 3.8) is 0 Å². The van der Waals surface area contributed by atoms with Crippen LogP contribution in [0.1, 0.15) is 19.3 Å². The summed E-state index contributed by atoms with van der Waals surface area (Å²) in [5.41, 5.74) is 0. The van der Waals surface area contributed by atoms with Crippen LogP contribution in [0.25, 0.3) is 0 Å². The summed E-state index contributed by atoms with van der Waals surface area (Å²) in [7, 11) is -3.37. The van der Waals surface area contributed by atoms with Crippen molar-refractivity contribution in [3.05, 3.63) is 11.2 Å². The molecule has 1 fully saturated rings. The Morgan fingerprint density at radius 2 is 2.40 bits per heavy atom. The second kappa shape index (κ2) is 4.57. The van der Waals surface area contributed by atoms with Gasteiger partial charge >= 0.3 is 0 Å². The average Bonchev–Trinajstić information content (AvgIpc) is 2.57. The van der Waals surface area contributed by atoms with Crippen LogP contribution in [0, 0.1) is 0 Å². The molecular formula is C9H13NO3S2. The first-order valence-corrected chi connectivity index (χ1v) is 7.47. The van der Waals surface area contributed by atoms with Crippen LogP contribution in [0.2, 0.25) is 0 Å². The zero-order valence-electron chi connectivity index (χ0n) is 8.26. The van der Waals surface area contributed by atoms with E-state index in [1.54, 1.807) is 0 Å². The SMILES string of the molecule is O=S1(=O)C=C(OCC2CCCCS2)C=N1. The molecule has 0 amide bonds. The highest BCUT2D eigenvalue weighted by Crippen LogP contribution is 2.25. The van der Waals surface area contributed by atoms with Crippen LogP contribution in [0.5, 0.6) is 0 Å². The monoisotopic (exact) mass is 247 g/mol. The number of nitrogens with zero attached hydrogens (tertiary/aromatic N) is 1. The molecule has 0 N–H and O–H groups in total. The molecule has 0 saturated carbocycles. The molecule has 1 saturated heterocycles. The summed E-state index contributed by atoms with van der Waals surface area (Å²) in [5, 5.41) is 1.57. The molecule has 0 aliphatic carbocycles. The van der Waals surface area contributed by atoms with Gasteiger partial charge in [0.2, 0.25) is 0 Å². The number of allylic oxidation sites excluding steroid dienone is 1. The standard InChI is InChI=1S/C9H13NO3S2/c11-15(12)7-8(5-10-15)13-6-9-3-1-2-4-14-9/h5,7,9H,1-4,6H2. The summed E-state index contributed by atoms with van der Waals surface area (Å²) in [6, 6.07) is 0. The van der Waals surface area contributed by atoms with E-state index in [4.69, 9.17) is 4.74 Å².